The minimum Gasteiger partial charge on any atom is -0.329 e. The Balaban J connectivity index is 2.19. The van der Waals surface area contributed by atoms with Gasteiger partial charge < -0.3 is 4.90 Å². The van der Waals surface area contributed by atoms with Crippen molar-refractivity contribution in [2.45, 2.75) is 19.9 Å². The van der Waals surface area contributed by atoms with Crippen LogP contribution in [0.5, 0.6) is 0 Å². The monoisotopic (exact) mass is 334 g/mol. The number of rotatable bonds is 2. The molecule has 1 atom stereocenters. The number of amidine groups is 1. The summed E-state index contributed by atoms with van der Waals surface area (Å²) >= 11 is 0. The first-order valence-corrected chi connectivity index (χ1v) is 8.28. The number of hydrazone groups is 1. The van der Waals surface area contributed by atoms with Gasteiger partial charge in [0.15, 0.2) is 5.84 Å². The second kappa shape index (κ2) is 6.89. The standard InChI is InChI=1S/C20H22N4O/c1-14-20(22-24(4)15(2)25)23(3)18-13-9-8-12-17(18)19(21-14)16-10-6-5-7-11-16/h5-14H,1-4H3/b22-20-. The molecule has 1 amide bonds. The maximum atomic E-state index is 11.6. The number of hydrogen-bond donors (Lipinski definition) is 0. The van der Waals surface area contributed by atoms with E-state index in [2.05, 4.69) is 29.4 Å². The number of hydrogen-bond acceptors (Lipinski definition) is 3. The van der Waals surface area contributed by atoms with Crippen molar-refractivity contribution in [1.82, 2.24) is 5.01 Å². The zero-order valence-electron chi connectivity index (χ0n) is 15.0. The highest BCUT2D eigenvalue weighted by Gasteiger charge is 2.26. The van der Waals surface area contributed by atoms with Gasteiger partial charge >= 0.3 is 0 Å². The molecule has 1 aliphatic rings. The van der Waals surface area contributed by atoms with Crippen LogP contribution in [0.4, 0.5) is 5.69 Å². The van der Waals surface area contributed by atoms with Crippen LogP contribution in [0.25, 0.3) is 0 Å². The molecule has 128 valence electrons. The third-order valence-electron chi connectivity index (χ3n) is 4.32. The van der Waals surface area contributed by atoms with Crippen LogP contribution in [0.1, 0.15) is 25.0 Å². The lowest BCUT2D eigenvalue weighted by molar-refractivity contribution is -0.127. The Hall–Kier alpha value is -2.95. The first-order chi connectivity index (χ1) is 12.0. The number of nitrogens with zero attached hydrogens (tertiary/aromatic N) is 4. The topological polar surface area (TPSA) is 48.3 Å². The van der Waals surface area contributed by atoms with Crippen LogP contribution in [0.15, 0.2) is 64.7 Å². The summed E-state index contributed by atoms with van der Waals surface area (Å²) in [6.07, 6.45) is 0. The smallest absolute Gasteiger partial charge is 0.239 e. The van der Waals surface area contributed by atoms with Crippen LogP contribution in [0.2, 0.25) is 0 Å². The van der Waals surface area contributed by atoms with Crippen molar-refractivity contribution in [3.05, 3.63) is 65.7 Å². The number of likely N-dealkylation sites (N-methyl/N-ethyl adjacent to an activating group) is 1. The van der Waals surface area contributed by atoms with Gasteiger partial charge in [-0.3, -0.25) is 9.79 Å². The van der Waals surface area contributed by atoms with Gasteiger partial charge in [0.05, 0.1) is 11.4 Å². The molecule has 0 saturated carbocycles. The molecule has 0 aliphatic carbocycles. The highest BCUT2D eigenvalue weighted by Crippen LogP contribution is 2.28. The van der Waals surface area contributed by atoms with E-state index in [4.69, 9.17) is 4.99 Å². The van der Waals surface area contributed by atoms with E-state index in [9.17, 15) is 4.79 Å². The predicted octanol–water partition coefficient (Wildman–Crippen LogP) is 3.15. The molecule has 0 radical (unpaired) electrons. The summed E-state index contributed by atoms with van der Waals surface area (Å²) in [5, 5.41) is 5.86. The van der Waals surface area contributed by atoms with Crippen LogP contribution in [-0.2, 0) is 4.79 Å². The molecule has 2 aromatic carbocycles. The van der Waals surface area contributed by atoms with E-state index < -0.39 is 0 Å². The van der Waals surface area contributed by atoms with Crippen molar-refractivity contribution < 1.29 is 4.79 Å². The maximum Gasteiger partial charge on any atom is 0.239 e. The number of amides is 1. The van der Waals surface area contributed by atoms with Gasteiger partial charge in [-0.25, -0.2) is 5.01 Å². The Morgan fingerprint density at radius 1 is 1.12 bits per heavy atom. The van der Waals surface area contributed by atoms with Gasteiger partial charge in [-0.2, -0.15) is 5.10 Å². The Bertz CT molecular complexity index is 842. The van der Waals surface area contributed by atoms with E-state index in [1.807, 2.05) is 49.2 Å². The summed E-state index contributed by atoms with van der Waals surface area (Å²) in [5.41, 5.74) is 4.08. The van der Waals surface area contributed by atoms with Crippen LogP contribution in [0.3, 0.4) is 0 Å². The van der Waals surface area contributed by atoms with Crippen LogP contribution < -0.4 is 4.90 Å². The normalized spacial score (nSPS) is 18.4. The number of para-hydroxylation sites is 1. The van der Waals surface area contributed by atoms with Crippen molar-refractivity contribution in [3.63, 3.8) is 0 Å². The van der Waals surface area contributed by atoms with Crippen molar-refractivity contribution in [3.8, 4) is 0 Å². The third kappa shape index (κ3) is 3.31. The second-order valence-electron chi connectivity index (χ2n) is 6.10. The molecule has 5 heteroatoms. The molecule has 2 aromatic rings. The van der Waals surface area contributed by atoms with Gasteiger partial charge in [-0.15, -0.1) is 0 Å². The first kappa shape index (κ1) is 16.9. The van der Waals surface area contributed by atoms with Crippen molar-refractivity contribution >= 4 is 23.1 Å². The minimum absolute atomic E-state index is 0.113. The average Bonchev–Trinajstić information content (AvgIpc) is 2.73. The first-order valence-electron chi connectivity index (χ1n) is 8.28. The summed E-state index contributed by atoms with van der Waals surface area (Å²) in [6.45, 7) is 3.50. The molecule has 5 nitrogen and oxygen atoms in total. The molecule has 0 spiro atoms. The average molecular weight is 334 g/mol. The summed E-state index contributed by atoms with van der Waals surface area (Å²) in [7, 11) is 3.63. The van der Waals surface area contributed by atoms with E-state index >= 15 is 0 Å². The van der Waals surface area contributed by atoms with Crippen LogP contribution in [0, 0.1) is 0 Å². The molecule has 3 rings (SSSR count). The van der Waals surface area contributed by atoms with E-state index in [0.717, 1.165) is 28.4 Å². The number of benzene rings is 2. The van der Waals surface area contributed by atoms with Crippen molar-refractivity contribution in [1.29, 1.82) is 0 Å². The number of carbonyl (C=O) groups excluding carboxylic acids is 1. The summed E-state index contributed by atoms with van der Waals surface area (Å²) < 4.78 is 0. The fourth-order valence-corrected chi connectivity index (χ4v) is 2.89. The highest BCUT2D eigenvalue weighted by molar-refractivity contribution is 6.20. The van der Waals surface area contributed by atoms with E-state index in [1.165, 1.54) is 11.9 Å². The van der Waals surface area contributed by atoms with Gasteiger partial charge in [0.2, 0.25) is 5.91 Å². The quantitative estimate of drug-likeness (QED) is 0.792. The minimum atomic E-state index is -0.186. The second-order valence-corrected chi connectivity index (χ2v) is 6.10. The molecule has 25 heavy (non-hydrogen) atoms. The molecule has 0 bridgehead atoms. The van der Waals surface area contributed by atoms with Crippen LogP contribution in [-0.4, -0.2) is 42.6 Å². The number of fused-ring (bicyclic) bond motifs is 1. The lowest BCUT2D eigenvalue weighted by Gasteiger charge is -2.24. The van der Waals surface area contributed by atoms with E-state index in [1.54, 1.807) is 7.05 Å². The number of anilines is 1. The molecular weight excluding hydrogens is 312 g/mol. The molecule has 0 aromatic heterocycles. The molecule has 0 fully saturated rings. The SMILES string of the molecule is CC(=O)N(C)/N=C1/C(C)N=C(c2ccccc2)c2ccccc2N1C. The summed E-state index contributed by atoms with van der Waals surface area (Å²) in [6, 6.07) is 18.1. The van der Waals surface area contributed by atoms with Gasteiger partial charge in [-0.1, -0.05) is 48.5 Å². The maximum absolute atomic E-state index is 11.6. The van der Waals surface area contributed by atoms with Crippen molar-refractivity contribution in [2.24, 2.45) is 10.1 Å². The number of carbonyl (C=O) groups is 1. The largest absolute Gasteiger partial charge is 0.329 e. The van der Waals surface area contributed by atoms with E-state index in [-0.39, 0.29) is 11.9 Å². The molecule has 1 aliphatic heterocycles. The van der Waals surface area contributed by atoms with Crippen LogP contribution >= 0.6 is 0 Å². The van der Waals surface area contributed by atoms with Crippen molar-refractivity contribution in [2.75, 3.05) is 19.0 Å². The van der Waals surface area contributed by atoms with Gasteiger partial charge in [0.1, 0.15) is 6.04 Å². The molecule has 1 heterocycles. The molecule has 0 N–H and O–H groups in total. The molecule has 0 saturated heterocycles. The summed E-state index contributed by atoms with van der Waals surface area (Å²) in [4.78, 5) is 18.6. The Labute approximate surface area is 148 Å². The predicted molar refractivity (Wildman–Crippen MR) is 102 cm³/mol. The molecular formula is C20H22N4O. The number of aliphatic imine (C=N–C) groups is 1. The zero-order chi connectivity index (χ0) is 18.0. The Morgan fingerprint density at radius 3 is 2.44 bits per heavy atom. The fourth-order valence-electron chi connectivity index (χ4n) is 2.89. The Morgan fingerprint density at radius 2 is 1.76 bits per heavy atom. The van der Waals surface area contributed by atoms with Gasteiger partial charge in [-0.05, 0) is 13.0 Å². The Kier molecular flexibility index (Phi) is 4.65. The molecule has 1 unspecified atom stereocenters. The highest BCUT2D eigenvalue weighted by atomic mass is 16.2. The third-order valence-corrected chi connectivity index (χ3v) is 4.32. The summed E-state index contributed by atoms with van der Waals surface area (Å²) in [5.74, 6) is 0.619. The van der Waals surface area contributed by atoms with E-state index in [0.29, 0.717) is 0 Å². The fraction of sp³-hybridized carbons (Fsp3) is 0.250. The lowest BCUT2D eigenvalue weighted by atomic mass is 10.0. The zero-order valence-corrected chi connectivity index (χ0v) is 15.0. The van der Waals surface area contributed by atoms with Gasteiger partial charge in [0, 0.05) is 32.1 Å². The number of benzodiazepines with no additional fused rings is 1. The lowest BCUT2D eigenvalue weighted by Crippen LogP contribution is -2.36. The van der Waals surface area contributed by atoms with Gasteiger partial charge in [0.25, 0.3) is 0 Å².